The Balaban J connectivity index is 1.97. The number of rotatable bonds is 0. The Morgan fingerprint density at radius 2 is 2.33 bits per heavy atom. The molecule has 1 aliphatic carbocycles. The SMILES string of the molecule is Nc1ncc2c(n1)C[C@H]1C=CCN[C@@H]1C2. The van der Waals surface area contributed by atoms with E-state index in [0.717, 1.165) is 25.1 Å². The standard InChI is InChI=1S/C11H14N4/c12-11-14-6-8-5-9-7(2-1-3-13-9)4-10(8)15-11/h1-2,6-7,9,13H,3-5H2,(H2,12,14,15)/t7-,9-/m1/s1. The number of nitrogens with one attached hydrogen (secondary N) is 1. The van der Waals surface area contributed by atoms with Gasteiger partial charge in [-0.05, 0) is 24.3 Å². The van der Waals surface area contributed by atoms with E-state index in [1.807, 2.05) is 6.20 Å². The molecular formula is C11H14N4. The van der Waals surface area contributed by atoms with Crippen LogP contribution in [0.3, 0.4) is 0 Å². The lowest BCUT2D eigenvalue weighted by molar-refractivity contribution is 0.377. The monoisotopic (exact) mass is 202 g/mol. The maximum absolute atomic E-state index is 5.59. The number of fused-ring (bicyclic) bond motifs is 2. The largest absolute Gasteiger partial charge is 0.368 e. The number of hydrogen-bond acceptors (Lipinski definition) is 4. The van der Waals surface area contributed by atoms with Crippen LogP contribution in [0, 0.1) is 5.92 Å². The molecule has 0 fully saturated rings. The molecule has 2 heterocycles. The van der Waals surface area contributed by atoms with Gasteiger partial charge in [0.05, 0.1) is 0 Å². The first-order valence-corrected chi connectivity index (χ1v) is 5.33. The van der Waals surface area contributed by atoms with Crippen molar-refractivity contribution in [3.05, 3.63) is 29.6 Å². The third-order valence-electron chi connectivity index (χ3n) is 3.24. The van der Waals surface area contributed by atoms with E-state index in [-0.39, 0.29) is 0 Å². The average molecular weight is 202 g/mol. The van der Waals surface area contributed by atoms with Crippen molar-refractivity contribution in [2.45, 2.75) is 18.9 Å². The van der Waals surface area contributed by atoms with Gasteiger partial charge < -0.3 is 11.1 Å². The van der Waals surface area contributed by atoms with Crippen LogP contribution in [0.15, 0.2) is 18.3 Å². The van der Waals surface area contributed by atoms with E-state index in [0.29, 0.717) is 17.9 Å². The van der Waals surface area contributed by atoms with Crippen molar-refractivity contribution < 1.29 is 0 Å². The van der Waals surface area contributed by atoms with E-state index >= 15 is 0 Å². The van der Waals surface area contributed by atoms with Crippen LogP contribution >= 0.6 is 0 Å². The zero-order valence-corrected chi connectivity index (χ0v) is 8.48. The van der Waals surface area contributed by atoms with Gasteiger partial charge in [0.25, 0.3) is 0 Å². The quantitative estimate of drug-likeness (QED) is 0.594. The second-order valence-corrected chi connectivity index (χ2v) is 4.22. The van der Waals surface area contributed by atoms with Crippen LogP contribution in [0.25, 0.3) is 0 Å². The third kappa shape index (κ3) is 1.51. The van der Waals surface area contributed by atoms with Gasteiger partial charge >= 0.3 is 0 Å². The van der Waals surface area contributed by atoms with E-state index < -0.39 is 0 Å². The maximum atomic E-state index is 5.59. The number of aromatic nitrogens is 2. The lowest BCUT2D eigenvalue weighted by atomic mass is 9.81. The highest BCUT2D eigenvalue weighted by molar-refractivity contribution is 5.30. The molecule has 78 valence electrons. The van der Waals surface area contributed by atoms with E-state index in [9.17, 15) is 0 Å². The molecule has 15 heavy (non-hydrogen) atoms. The van der Waals surface area contributed by atoms with E-state index in [2.05, 4.69) is 27.4 Å². The number of nitrogens with two attached hydrogens (primary N) is 1. The topological polar surface area (TPSA) is 63.8 Å². The van der Waals surface area contributed by atoms with Crippen molar-refractivity contribution >= 4 is 5.95 Å². The summed E-state index contributed by atoms with van der Waals surface area (Å²) in [5, 5.41) is 3.50. The van der Waals surface area contributed by atoms with Gasteiger partial charge in [-0.3, -0.25) is 0 Å². The molecule has 2 aliphatic rings. The summed E-state index contributed by atoms with van der Waals surface area (Å²) in [5.74, 6) is 0.959. The fourth-order valence-electron chi connectivity index (χ4n) is 2.45. The summed E-state index contributed by atoms with van der Waals surface area (Å²) >= 11 is 0. The molecule has 1 aromatic rings. The highest BCUT2D eigenvalue weighted by Crippen LogP contribution is 2.26. The van der Waals surface area contributed by atoms with Crippen molar-refractivity contribution in [3.8, 4) is 0 Å². The summed E-state index contributed by atoms with van der Waals surface area (Å²) in [6.45, 7) is 0.979. The van der Waals surface area contributed by atoms with Gasteiger partial charge in [0, 0.05) is 24.5 Å². The normalized spacial score (nSPS) is 28.3. The Labute approximate surface area is 88.6 Å². The van der Waals surface area contributed by atoms with E-state index in [4.69, 9.17) is 5.73 Å². The molecule has 3 rings (SSSR count). The summed E-state index contributed by atoms with van der Waals surface area (Å²) in [4.78, 5) is 8.36. The van der Waals surface area contributed by atoms with Crippen molar-refractivity contribution in [3.63, 3.8) is 0 Å². The second-order valence-electron chi connectivity index (χ2n) is 4.22. The number of anilines is 1. The molecule has 0 unspecified atom stereocenters. The predicted molar refractivity (Wildman–Crippen MR) is 58.3 cm³/mol. The Morgan fingerprint density at radius 3 is 3.27 bits per heavy atom. The Hall–Kier alpha value is -1.42. The lowest BCUT2D eigenvalue weighted by Crippen LogP contribution is -2.44. The molecule has 4 nitrogen and oxygen atoms in total. The minimum Gasteiger partial charge on any atom is -0.368 e. The molecule has 4 heteroatoms. The zero-order valence-electron chi connectivity index (χ0n) is 8.48. The van der Waals surface area contributed by atoms with Gasteiger partial charge in [-0.25, -0.2) is 9.97 Å². The van der Waals surface area contributed by atoms with Crippen molar-refractivity contribution in [2.75, 3.05) is 12.3 Å². The number of nitrogen functional groups attached to an aromatic ring is 1. The average Bonchev–Trinajstić information content (AvgIpc) is 2.26. The minimum atomic E-state index is 0.389. The predicted octanol–water partition coefficient (Wildman–Crippen LogP) is 0.302. The second kappa shape index (κ2) is 3.31. The van der Waals surface area contributed by atoms with Crippen LogP contribution in [0.5, 0.6) is 0 Å². The van der Waals surface area contributed by atoms with Crippen LogP contribution in [-0.4, -0.2) is 22.6 Å². The fraction of sp³-hybridized carbons (Fsp3) is 0.455. The molecule has 0 saturated carbocycles. The minimum absolute atomic E-state index is 0.389. The van der Waals surface area contributed by atoms with Gasteiger partial charge in [-0.1, -0.05) is 12.2 Å². The molecule has 0 aromatic carbocycles. The summed E-state index contributed by atoms with van der Waals surface area (Å²) in [6.07, 6.45) is 8.35. The van der Waals surface area contributed by atoms with Gasteiger partial charge in [0.1, 0.15) is 0 Å². The summed E-state index contributed by atoms with van der Waals surface area (Å²) < 4.78 is 0. The van der Waals surface area contributed by atoms with E-state index in [1.54, 1.807) is 0 Å². The van der Waals surface area contributed by atoms with Crippen LogP contribution in [0.2, 0.25) is 0 Å². The number of hydrogen-bond donors (Lipinski definition) is 2. The fourth-order valence-corrected chi connectivity index (χ4v) is 2.45. The molecule has 0 bridgehead atoms. The maximum Gasteiger partial charge on any atom is 0.220 e. The third-order valence-corrected chi connectivity index (χ3v) is 3.24. The zero-order chi connectivity index (χ0) is 10.3. The van der Waals surface area contributed by atoms with Crippen molar-refractivity contribution in [1.82, 2.24) is 15.3 Å². The highest BCUT2D eigenvalue weighted by atomic mass is 15.0. The smallest absolute Gasteiger partial charge is 0.220 e. The first-order valence-electron chi connectivity index (χ1n) is 5.33. The number of nitrogens with zero attached hydrogens (tertiary/aromatic N) is 2. The first-order chi connectivity index (χ1) is 7.33. The van der Waals surface area contributed by atoms with E-state index in [1.165, 1.54) is 5.56 Å². The lowest BCUT2D eigenvalue weighted by Gasteiger charge is -2.33. The van der Waals surface area contributed by atoms with Crippen molar-refractivity contribution in [1.29, 1.82) is 0 Å². The van der Waals surface area contributed by atoms with Crippen LogP contribution < -0.4 is 11.1 Å². The molecule has 0 saturated heterocycles. The van der Waals surface area contributed by atoms with Crippen LogP contribution in [0.4, 0.5) is 5.95 Å². The summed E-state index contributed by atoms with van der Waals surface area (Å²) in [6, 6.07) is 0.551. The van der Waals surface area contributed by atoms with Crippen LogP contribution in [-0.2, 0) is 12.8 Å². The first kappa shape index (κ1) is 8.85. The molecule has 1 aliphatic heterocycles. The molecule has 0 spiro atoms. The Kier molecular flexibility index (Phi) is 1.95. The summed E-state index contributed by atoms with van der Waals surface area (Å²) in [7, 11) is 0. The Bertz CT molecular complexity index is 413. The molecule has 0 amide bonds. The molecule has 0 radical (unpaired) electrons. The molecule has 1 aromatic heterocycles. The Morgan fingerprint density at radius 1 is 1.40 bits per heavy atom. The van der Waals surface area contributed by atoms with Gasteiger partial charge in [0.15, 0.2) is 0 Å². The van der Waals surface area contributed by atoms with Crippen molar-refractivity contribution in [2.24, 2.45) is 5.92 Å². The van der Waals surface area contributed by atoms with Gasteiger partial charge in [0.2, 0.25) is 5.95 Å². The molecular weight excluding hydrogens is 188 g/mol. The molecule has 3 N–H and O–H groups in total. The molecule has 2 atom stereocenters. The van der Waals surface area contributed by atoms with Gasteiger partial charge in [-0.15, -0.1) is 0 Å². The van der Waals surface area contributed by atoms with Crippen LogP contribution in [0.1, 0.15) is 11.3 Å². The highest BCUT2D eigenvalue weighted by Gasteiger charge is 2.28. The summed E-state index contributed by atoms with van der Waals surface area (Å²) in [5.41, 5.74) is 7.96. The van der Waals surface area contributed by atoms with Gasteiger partial charge in [-0.2, -0.15) is 0 Å².